The van der Waals surface area contributed by atoms with Gasteiger partial charge >= 0.3 is 0 Å². The third kappa shape index (κ3) is 4.20. The third-order valence-electron chi connectivity index (χ3n) is 3.89. The van der Waals surface area contributed by atoms with Crippen LogP contribution in [0.4, 0.5) is 23.1 Å². The third-order valence-corrected chi connectivity index (χ3v) is 3.89. The molecule has 0 atom stereocenters. The van der Waals surface area contributed by atoms with Crippen molar-refractivity contribution >= 4 is 23.1 Å². The monoisotopic (exact) mass is 352 g/mol. The molecule has 0 bridgehead atoms. The average Bonchev–Trinajstić information content (AvgIpc) is 2.69. The first-order valence-corrected chi connectivity index (χ1v) is 8.26. The highest BCUT2D eigenvalue weighted by atomic mass is 16.5. The highest BCUT2D eigenvalue weighted by Gasteiger charge is 2.12. The van der Waals surface area contributed by atoms with Gasteiger partial charge in [-0.1, -0.05) is 30.3 Å². The van der Waals surface area contributed by atoms with Gasteiger partial charge in [-0.2, -0.15) is 4.98 Å². The van der Waals surface area contributed by atoms with Crippen LogP contribution in [-0.2, 0) is 6.42 Å². The lowest BCUT2D eigenvalue weighted by Crippen LogP contribution is -2.27. The van der Waals surface area contributed by atoms with Crippen molar-refractivity contribution in [2.45, 2.75) is 6.42 Å². The predicted octanol–water partition coefficient (Wildman–Crippen LogP) is 2.98. The molecule has 0 radical (unpaired) electrons. The molecule has 0 unspecified atom stereocenters. The molecule has 136 valence electrons. The number of para-hydroxylation sites is 1. The Hall–Kier alpha value is -3.32. The van der Waals surface area contributed by atoms with Gasteiger partial charge in [0.25, 0.3) is 0 Å². The Morgan fingerprint density at radius 2 is 1.96 bits per heavy atom. The van der Waals surface area contributed by atoms with Crippen LogP contribution in [0.15, 0.2) is 60.8 Å². The maximum absolute atomic E-state index is 6.16. The largest absolute Gasteiger partial charge is 0.497 e. The molecule has 0 aliphatic heterocycles. The summed E-state index contributed by atoms with van der Waals surface area (Å²) in [4.78, 5) is 8.67. The minimum atomic E-state index is 0. The van der Waals surface area contributed by atoms with Gasteiger partial charge in [0.1, 0.15) is 5.75 Å². The molecule has 3 rings (SSSR count). The normalized spacial score (nSPS) is 10.4. The molecule has 0 amide bonds. The van der Waals surface area contributed by atoms with Crippen molar-refractivity contribution < 1.29 is 6.16 Å². The van der Waals surface area contributed by atoms with Gasteiger partial charge in [0.2, 0.25) is 5.95 Å². The maximum atomic E-state index is 6.16. The van der Waals surface area contributed by atoms with E-state index in [0.29, 0.717) is 24.0 Å². The molecular weight excluding hydrogens is 328 g/mol. The summed E-state index contributed by atoms with van der Waals surface area (Å²) in [6.07, 6.45) is 2.37. The van der Waals surface area contributed by atoms with E-state index in [1.54, 1.807) is 13.3 Å². The van der Waals surface area contributed by atoms with E-state index in [2.05, 4.69) is 21.4 Å². The molecular formula is C19H24N6O. The predicted molar refractivity (Wildman–Crippen MR) is 107 cm³/mol. The number of anilines is 4. The number of nitrogens with two attached hydrogens (primary N) is 2. The minimum absolute atomic E-state index is 0. The van der Waals surface area contributed by atoms with E-state index in [-0.39, 0.29) is 1.43 Å². The zero-order valence-electron chi connectivity index (χ0n) is 14.6. The molecule has 0 fully saturated rings. The first-order chi connectivity index (χ1) is 12.7. The van der Waals surface area contributed by atoms with Crippen molar-refractivity contribution in [2.24, 2.45) is 5.84 Å². The van der Waals surface area contributed by atoms with Gasteiger partial charge in [-0.3, -0.25) is 5.01 Å². The average molecular weight is 352 g/mol. The molecule has 2 aromatic carbocycles. The lowest BCUT2D eigenvalue weighted by molar-refractivity contribution is 0.414. The van der Waals surface area contributed by atoms with Gasteiger partial charge in [-0.15, -0.1) is 0 Å². The van der Waals surface area contributed by atoms with E-state index in [4.69, 9.17) is 16.3 Å². The minimum Gasteiger partial charge on any atom is -0.497 e. The van der Waals surface area contributed by atoms with Gasteiger partial charge in [0, 0.05) is 7.97 Å². The molecule has 7 heteroatoms. The van der Waals surface area contributed by atoms with Crippen LogP contribution in [0.3, 0.4) is 0 Å². The number of methoxy groups -OCH3 is 1. The van der Waals surface area contributed by atoms with Crippen molar-refractivity contribution in [3.8, 4) is 5.75 Å². The lowest BCUT2D eigenvalue weighted by Gasteiger charge is -2.19. The van der Waals surface area contributed by atoms with Crippen LogP contribution in [0.2, 0.25) is 0 Å². The van der Waals surface area contributed by atoms with Crippen LogP contribution in [0, 0.1) is 0 Å². The second-order valence-electron chi connectivity index (χ2n) is 5.71. The van der Waals surface area contributed by atoms with Crippen LogP contribution in [0.5, 0.6) is 5.75 Å². The Morgan fingerprint density at radius 1 is 1.15 bits per heavy atom. The van der Waals surface area contributed by atoms with Gasteiger partial charge in [-0.05, 0) is 36.2 Å². The highest BCUT2D eigenvalue weighted by molar-refractivity contribution is 5.70. The number of aromatic nitrogens is 2. The van der Waals surface area contributed by atoms with Crippen molar-refractivity contribution in [1.29, 1.82) is 0 Å². The summed E-state index contributed by atoms with van der Waals surface area (Å²) in [6, 6.07) is 17.5. The van der Waals surface area contributed by atoms with E-state index >= 15 is 0 Å². The number of nitrogens with one attached hydrogen (secondary N) is 1. The highest BCUT2D eigenvalue weighted by Crippen LogP contribution is 2.25. The second kappa shape index (κ2) is 8.17. The van der Waals surface area contributed by atoms with Crippen molar-refractivity contribution in [1.82, 2.24) is 9.97 Å². The number of hydrazine groups is 1. The maximum Gasteiger partial charge on any atom is 0.224 e. The van der Waals surface area contributed by atoms with E-state index < -0.39 is 0 Å². The lowest BCUT2D eigenvalue weighted by atomic mass is 10.1. The molecule has 26 heavy (non-hydrogen) atoms. The van der Waals surface area contributed by atoms with Crippen LogP contribution in [0.1, 0.15) is 6.99 Å². The second-order valence-corrected chi connectivity index (χ2v) is 5.71. The van der Waals surface area contributed by atoms with Gasteiger partial charge < -0.3 is 15.8 Å². The molecule has 0 aliphatic rings. The zero-order chi connectivity index (χ0) is 18.4. The summed E-state index contributed by atoms with van der Waals surface area (Å²) in [7, 11) is 1.66. The quantitative estimate of drug-likeness (QED) is 0.444. The van der Waals surface area contributed by atoms with Gasteiger partial charge in [-0.25, -0.2) is 10.8 Å². The van der Waals surface area contributed by atoms with Crippen LogP contribution < -0.4 is 26.6 Å². The molecule has 0 saturated carbocycles. The first kappa shape index (κ1) is 17.5. The van der Waals surface area contributed by atoms with Crippen LogP contribution in [-0.4, -0.2) is 23.6 Å². The van der Waals surface area contributed by atoms with E-state index in [1.165, 1.54) is 5.01 Å². The number of rotatable bonds is 7. The Morgan fingerprint density at radius 3 is 2.73 bits per heavy atom. The van der Waals surface area contributed by atoms with E-state index in [0.717, 1.165) is 23.4 Å². The van der Waals surface area contributed by atoms with Crippen LogP contribution >= 0.6 is 0 Å². The number of hydrogen-bond acceptors (Lipinski definition) is 7. The summed E-state index contributed by atoms with van der Waals surface area (Å²) in [6.45, 7) is 0.673. The van der Waals surface area contributed by atoms with Crippen molar-refractivity contribution in [3.05, 3.63) is 66.4 Å². The molecule has 1 aromatic heterocycles. The summed E-state index contributed by atoms with van der Waals surface area (Å²) in [5.41, 5.74) is 8.36. The number of hydrogen-bond donors (Lipinski definition) is 3. The number of ether oxygens (including phenoxy) is 1. The Kier molecular flexibility index (Phi) is 5.50. The molecule has 0 aliphatic carbocycles. The molecule has 5 N–H and O–H groups in total. The Bertz CT molecular complexity index is 862. The van der Waals surface area contributed by atoms with E-state index in [9.17, 15) is 0 Å². The number of benzene rings is 2. The Labute approximate surface area is 154 Å². The fourth-order valence-corrected chi connectivity index (χ4v) is 2.52. The standard InChI is InChI=1S/C19H22N6O.H2/c1-26-16-9-5-6-14(12-16)10-11-22-19-23-13-17(20)18(24-19)25(21)15-7-3-2-4-8-15;/h2-9,12-13H,10-11,20-21H2,1H3,(H,22,23,24);1H. The molecule has 0 saturated heterocycles. The summed E-state index contributed by atoms with van der Waals surface area (Å²) in [5, 5.41) is 4.65. The zero-order valence-corrected chi connectivity index (χ0v) is 14.6. The summed E-state index contributed by atoms with van der Waals surface area (Å²) < 4.78 is 5.24. The van der Waals surface area contributed by atoms with Crippen molar-refractivity contribution in [2.75, 3.05) is 29.7 Å². The molecule has 0 spiro atoms. The number of nitrogens with zero attached hydrogens (tertiary/aromatic N) is 3. The molecule has 3 aromatic rings. The summed E-state index contributed by atoms with van der Waals surface area (Å²) >= 11 is 0. The fourth-order valence-electron chi connectivity index (χ4n) is 2.52. The van der Waals surface area contributed by atoms with Gasteiger partial charge in [0.15, 0.2) is 5.82 Å². The fraction of sp³-hybridized carbons (Fsp3) is 0.158. The van der Waals surface area contributed by atoms with Crippen molar-refractivity contribution in [3.63, 3.8) is 0 Å². The van der Waals surface area contributed by atoms with Crippen LogP contribution in [0.25, 0.3) is 0 Å². The summed E-state index contributed by atoms with van der Waals surface area (Å²) in [5.74, 6) is 7.93. The first-order valence-electron chi connectivity index (χ1n) is 8.26. The Balaban J connectivity index is 0.00000261. The molecule has 1 heterocycles. The number of nitrogen functional groups attached to an aromatic ring is 1. The van der Waals surface area contributed by atoms with Gasteiger partial charge in [0.05, 0.1) is 24.7 Å². The van der Waals surface area contributed by atoms with E-state index in [1.807, 2.05) is 48.5 Å². The molecule has 7 nitrogen and oxygen atoms in total. The topological polar surface area (TPSA) is 102 Å². The SMILES string of the molecule is COc1cccc(CCNc2ncc(N)c(N(N)c3ccccc3)n2)c1.[HH]. The smallest absolute Gasteiger partial charge is 0.224 e.